The molecule has 0 amide bonds. The Labute approximate surface area is 139 Å². The number of esters is 1. The van der Waals surface area contributed by atoms with Crippen LogP contribution in [0.5, 0.6) is 0 Å². The molecule has 0 bridgehead atoms. The molecule has 1 saturated heterocycles. The number of rotatable bonds is 8. The van der Waals surface area contributed by atoms with Crippen molar-refractivity contribution in [3.8, 4) is 0 Å². The van der Waals surface area contributed by atoms with Crippen LogP contribution in [-0.2, 0) is 9.47 Å². The minimum absolute atomic E-state index is 0.259. The number of hydrogen-bond donors (Lipinski definition) is 2. The molecule has 0 unspecified atom stereocenters. The Kier molecular flexibility index (Phi) is 6.51. The molecule has 1 aliphatic rings. The van der Waals surface area contributed by atoms with E-state index in [-0.39, 0.29) is 12.1 Å². The second-order valence-electron chi connectivity index (χ2n) is 5.30. The van der Waals surface area contributed by atoms with Crippen molar-refractivity contribution < 1.29 is 14.3 Å². The van der Waals surface area contributed by atoms with Crippen LogP contribution in [-0.4, -0.2) is 43.7 Å². The highest BCUT2D eigenvalue weighted by molar-refractivity contribution is 9.09. The topological polar surface area (TPSA) is 59.6 Å². The number of methoxy groups -OCH3 is 1. The zero-order chi connectivity index (χ0) is 15.9. The Morgan fingerprint density at radius 2 is 2.23 bits per heavy atom. The van der Waals surface area contributed by atoms with Crippen LogP contribution in [0, 0.1) is 0 Å². The van der Waals surface area contributed by atoms with Gasteiger partial charge in [-0.3, -0.25) is 0 Å². The Balaban J connectivity index is 2.08. The first-order valence-corrected chi connectivity index (χ1v) is 8.51. The van der Waals surface area contributed by atoms with Crippen molar-refractivity contribution in [3.05, 3.63) is 23.8 Å². The summed E-state index contributed by atoms with van der Waals surface area (Å²) in [6.45, 7) is 4.53. The number of alkyl halides is 1. The molecule has 0 spiro atoms. The van der Waals surface area contributed by atoms with E-state index in [0.717, 1.165) is 43.9 Å². The smallest absolute Gasteiger partial charge is 0.337 e. The van der Waals surface area contributed by atoms with Gasteiger partial charge in [0, 0.05) is 24.5 Å². The zero-order valence-electron chi connectivity index (χ0n) is 13.0. The second kappa shape index (κ2) is 8.39. The molecule has 1 aromatic rings. The van der Waals surface area contributed by atoms with Gasteiger partial charge in [-0.15, -0.1) is 0 Å². The van der Waals surface area contributed by atoms with Crippen LogP contribution in [0.3, 0.4) is 0 Å². The summed E-state index contributed by atoms with van der Waals surface area (Å²) in [7, 11) is 1.39. The third-order valence-corrected chi connectivity index (χ3v) is 4.68. The highest BCUT2D eigenvalue weighted by atomic mass is 79.9. The van der Waals surface area contributed by atoms with Crippen LogP contribution in [0.25, 0.3) is 0 Å². The maximum atomic E-state index is 11.7. The third-order valence-electron chi connectivity index (χ3n) is 3.71. The summed E-state index contributed by atoms with van der Waals surface area (Å²) < 4.78 is 10.2. The molecule has 6 heteroatoms. The quantitative estimate of drug-likeness (QED) is 0.543. The van der Waals surface area contributed by atoms with Crippen LogP contribution < -0.4 is 10.6 Å². The summed E-state index contributed by atoms with van der Waals surface area (Å²) in [6.07, 6.45) is 2.38. The summed E-state index contributed by atoms with van der Waals surface area (Å²) in [5.41, 5.74) is 2.41. The maximum absolute atomic E-state index is 11.7. The number of carbonyl (C=O) groups excluding carboxylic acids is 1. The summed E-state index contributed by atoms with van der Waals surface area (Å²) in [6, 6.07) is 5.50. The fourth-order valence-corrected chi connectivity index (χ4v) is 2.29. The molecule has 0 saturated carbocycles. The number of halogens is 1. The molecule has 22 heavy (non-hydrogen) atoms. The highest BCUT2D eigenvalue weighted by Gasteiger charge is 2.18. The van der Waals surface area contributed by atoms with Gasteiger partial charge in [0.1, 0.15) is 0 Å². The van der Waals surface area contributed by atoms with Crippen molar-refractivity contribution in [2.45, 2.75) is 30.7 Å². The molecule has 5 nitrogen and oxygen atoms in total. The highest BCUT2D eigenvalue weighted by Crippen LogP contribution is 2.25. The average Bonchev–Trinajstić information content (AvgIpc) is 2.50. The van der Waals surface area contributed by atoms with Gasteiger partial charge in [-0.2, -0.15) is 0 Å². The van der Waals surface area contributed by atoms with Crippen molar-refractivity contribution in [2.75, 3.05) is 37.4 Å². The van der Waals surface area contributed by atoms with Crippen molar-refractivity contribution in [2.24, 2.45) is 0 Å². The van der Waals surface area contributed by atoms with Gasteiger partial charge in [-0.25, -0.2) is 4.79 Å². The van der Waals surface area contributed by atoms with E-state index in [1.807, 2.05) is 12.1 Å². The van der Waals surface area contributed by atoms with Gasteiger partial charge < -0.3 is 20.1 Å². The first-order valence-electron chi connectivity index (χ1n) is 7.59. The van der Waals surface area contributed by atoms with Crippen LogP contribution in [0.1, 0.15) is 30.1 Å². The van der Waals surface area contributed by atoms with Crippen molar-refractivity contribution >= 4 is 33.3 Å². The summed E-state index contributed by atoms with van der Waals surface area (Å²) in [5, 5.41) is 6.77. The molecule has 1 heterocycles. The molecular weight excluding hydrogens is 348 g/mol. The van der Waals surface area contributed by atoms with Crippen LogP contribution >= 0.6 is 15.9 Å². The maximum Gasteiger partial charge on any atom is 0.337 e. The lowest BCUT2D eigenvalue weighted by Gasteiger charge is -2.27. The van der Waals surface area contributed by atoms with Crippen molar-refractivity contribution in [1.82, 2.24) is 0 Å². The zero-order valence-corrected chi connectivity index (χ0v) is 14.6. The van der Waals surface area contributed by atoms with Crippen molar-refractivity contribution in [3.63, 3.8) is 0 Å². The number of ether oxygens (including phenoxy) is 2. The van der Waals surface area contributed by atoms with E-state index in [1.165, 1.54) is 7.11 Å². The van der Waals surface area contributed by atoms with E-state index in [9.17, 15) is 4.79 Å². The summed E-state index contributed by atoms with van der Waals surface area (Å²) in [5.74, 6) is -0.332. The van der Waals surface area contributed by atoms with Crippen LogP contribution in [0.4, 0.5) is 11.4 Å². The predicted octanol–water partition coefficient (Wildman–Crippen LogP) is 3.26. The van der Waals surface area contributed by atoms with E-state index in [2.05, 4.69) is 33.5 Å². The molecule has 2 rings (SSSR count). The average molecular weight is 371 g/mol. The molecular formula is C16H23BrN2O3. The molecule has 2 N–H and O–H groups in total. The Bertz CT molecular complexity index is 506. The number of nitrogens with one attached hydrogen (secondary N) is 2. The first-order chi connectivity index (χ1) is 10.6. The van der Waals surface area contributed by atoms with Gasteiger partial charge in [-0.1, -0.05) is 22.9 Å². The monoisotopic (exact) mass is 370 g/mol. The second-order valence-corrected chi connectivity index (χ2v) is 6.60. The first kappa shape index (κ1) is 17.1. The van der Waals surface area contributed by atoms with Crippen LogP contribution in [0.15, 0.2) is 18.2 Å². The van der Waals surface area contributed by atoms with Gasteiger partial charge in [0.15, 0.2) is 0 Å². The normalized spacial score (nSPS) is 18.2. The van der Waals surface area contributed by atoms with E-state index in [1.54, 1.807) is 6.07 Å². The fourth-order valence-electron chi connectivity index (χ4n) is 2.12. The number of carbonyl (C=O) groups is 1. The minimum atomic E-state index is -0.332. The summed E-state index contributed by atoms with van der Waals surface area (Å²) >= 11 is 3.61. The lowest BCUT2D eigenvalue weighted by molar-refractivity contribution is -0.0410. The van der Waals surface area contributed by atoms with Gasteiger partial charge in [0.05, 0.1) is 30.2 Å². The van der Waals surface area contributed by atoms with E-state index in [0.29, 0.717) is 10.4 Å². The van der Waals surface area contributed by atoms with E-state index >= 15 is 0 Å². The predicted molar refractivity (Wildman–Crippen MR) is 92.1 cm³/mol. The van der Waals surface area contributed by atoms with Crippen molar-refractivity contribution in [1.29, 1.82) is 0 Å². The summed E-state index contributed by atoms with van der Waals surface area (Å²) in [4.78, 5) is 12.1. The number of benzene rings is 1. The molecule has 2 atom stereocenters. The van der Waals surface area contributed by atoms with E-state index in [4.69, 9.17) is 9.47 Å². The molecule has 0 radical (unpaired) electrons. The van der Waals surface area contributed by atoms with E-state index < -0.39 is 0 Å². The van der Waals surface area contributed by atoms with Gasteiger partial charge in [0.2, 0.25) is 0 Å². The van der Waals surface area contributed by atoms with Gasteiger partial charge in [-0.05, 0) is 31.0 Å². The number of anilines is 2. The van der Waals surface area contributed by atoms with Gasteiger partial charge >= 0.3 is 5.97 Å². The Morgan fingerprint density at radius 3 is 2.82 bits per heavy atom. The third kappa shape index (κ3) is 4.61. The lowest BCUT2D eigenvalue weighted by Crippen LogP contribution is -2.33. The molecule has 0 aliphatic carbocycles. The fraction of sp³-hybridized carbons (Fsp3) is 0.562. The van der Waals surface area contributed by atoms with Crippen LogP contribution in [0.2, 0.25) is 0 Å². The van der Waals surface area contributed by atoms with Gasteiger partial charge in [0.25, 0.3) is 0 Å². The molecule has 1 fully saturated rings. The largest absolute Gasteiger partial charge is 0.465 e. The standard InChI is InChI=1S/C16H23BrN2O3/c1-3-12(17)9-18-14-5-4-11(16(20)21-2)8-15(14)19-10-13-6-7-22-13/h4-5,8,12-13,18-19H,3,6-7,9-10H2,1-2H3/t12-,13+/m1/s1. The molecule has 0 aromatic heterocycles. The molecule has 122 valence electrons. The number of hydrogen-bond acceptors (Lipinski definition) is 5. The minimum Gasteiger partial charge on any atom is -0.465 e. The molecule has 1 aliphatic heterocycles. The SMILES string of the molecule is CC[C@@H](Br)CNc1ccc(C(=O)OC)cc1NC[C@@H]1CCO1. The molecule has 1 aromatic carbocycles. The lowest BCUT2D eigenvalue weighted by atomic mass is 10.1. The Morgan fingerprint density at radius 1 is 1.45 bits per heavy atom. The Hall–Kier alpha value is -1.27.